The van der Waals surface area contributed by atoms with Gasteiger partial charge in [0, 0.05) is 0 Å². The first-order valence-corrected chi connectivity index (χ1v) is 7.06. The van der Waals surface area contributed by atoms with Crippen LogP contribution in [0, 0.1) is 12.7 Å². The summed E-state index contributed by atoms with van der Waals surface area (Å²) in [5.41, 5.74) is 0.857. The summed E-state index contributed by atoms with van der Waals surface area (Å²) in [6, 6.07) is 9.44. The molecule has 0 spiro atoms. The van der Waals surface area contributed by atoms with Crippen molar-refractivity contribution >= 4 is 28.2 Å². The number of carboxylic acid groups (broad SMARTS) is 1. The molecule has 0 amide bonds. The first-order chi connectivity index (χ1) is 9.88. The van der Waals surface area contributed by atoms with Crippen LogP contribution in [-0.4, -0.2) is 19.5 Å². The van der Waals surface area contributed by atoms with E-state index in [9.17, 15) is 17.6 Å². The number of aryl methyl sites for hydroxylation is 1. The number of hydrogen-bond donors (Lipinski definition) is 2. The number of rotatable bonds is 4. The van der Waals surface area contributed by atoms with Crippen molar-refractivity contribution in [3.63, 3.8) is 0 Å². The minimum absolute atomic E-state index is 0.0626. The molecule has 1 N–H and O–H groups in total. The lowest BCUT2D eigenvalue weighted by Gasteiger charge is -2.18. The van der Waals surface area contributed by atoms with Gasteiger partial charge in [-0.25, -0.2) is 21.9 Å². The minimum atomic E-state index is -3.10. The van der Waals surface area contributed by atoms with Crippen LogP contribution in [0.15, 0.2) is 42.5 Å². The highest BCUT2D eigenvalue weighted by Gasteiger charge is 2.15. The number of benzene rings is 2. The van der Waals surface area contributed by atoms with Crippen LogP contribution in [0.4, 0.5) is 15.8 Å². The van der Waals surface area contributed by atoms with Crippen molar-refractivity contribution in [1.29, 1.82) is 0 Å². The molecule has 2 aromatic carbocycles. The quantitative estimate of drug-likeness (QED) is 0.851. The Morgan fingerprint density at radius 1 is 1.10 bits per heavy atom. The third-order valence-corrected chi connectivity index (χ3v) is 3.60. The van der Waals surface area contributed by atoms with E-state index in [0.29, 0.717) is 5.69 Å². The average molecular weight is 309 g/mol. The molecule has 0 aliphatic rings. The fourth-order valence-electron chi connectivity index (χ4n) is 1.84. The third kappa shape index (κ3) is 3.38. The molecule has 0 fully saturated rings. The summed E-state index contributed by atoms with van der Waals surface area (Å²) in [6.45, 7) is 1.84. The number of halogens is 1. The number of thiol groups is 1. The van der Waals surface area contributed by atoms with Gasteiger partial charge in [0.2, 0.25) is 10.9 Å². The molecule has 0 aromatic heterocycles. The van der Waals surface area contributed by atoms with E-state index >= 15 is 0 Å². The van der Waals surface area contributed by atoms with Gasteiger partial charge in [0.05, 0.1) is 16.9 Å². The Hall–Kier alpha value is -2.41. The van der Waals surface area contributed by atoms with Crippen molar-refractivity contribution in [1.82, 2.24) is 0 Å². The molecule has 21 heavy (non-hydrogen) atoms. The van der Waals surface area contributed by atoms with Gasteiger partial charge in [0.25, 0.3) is 0 Å². The van der Waals surface area contributed by atoms with Gasteiger partial charge in [-0.05, 0) is 37.3 Å². The van der Waals surface area contributed by atoms with Gasteiger partial charge in [-0.1, -0.05) is 17.7 Å². The fourth-order valence-corrected chi connectivity index (χ4v) is 2.47. The van der Waals surface area contributed by atoms with Crippen molar-refractivity contribution in [2.45, 2.75) is 6.92 Å². The Morgan fingerprint density at radius 3 is 2.24 bits per heavy atom. The molecule has 0 aliphatic heterocycles. The Balaban J connectivity index is 2.58. The highest BCUT2D eigenvalue weighted by atomic mass is 32.2. The lowest BCUT2D eigenvalue weighted by Crippen LogP contribution is -2.15. The molecule has 5 nitrogen and oxygen atoms in total. The highest BCUT2D eigenvalue weighted by molar-refractivity contribution is 7.74. The summed E-state index contributed by atoms with van der Waals surface area (Å²) < 4.78 is 37.3. The second-order valence-corrected chi connectivity index (χ2v) is 5.26. The molecule has 0 saturated heterocycles. The van der Waals surface area contributed by atoms with Gasteiger partial charge in [-0.3, -0.25) is 0 Å². The minimum Gasteiger partial charge on any atom is -0.478 e. The summed E-state index contributed by atoms with van der Waals surface area (Å²) in [4.78, 5) is 10.9. The van der Waals surface area contributed by atoms with E-state index < -0.39 is 22.7 Å². The van der Waals surface area contributed by atoms with Gasteiger partial charge >= 0.3 is 5.97 Å². The van der Waals surface area contributed by atoms with Crippen LogP contribution in [0.5, 0.6) is 0 Å². The van der Waals surface area contributed by atoms with E-state index in [2.05, 4.69) is 0 Å². The Labute approximate surface area is 122 Å². The van der Waals surface area contributed by atoms with E-state index in [-0.39, 0.29) is 11.3 Å². The Bertz CT molecular complexity index is 748. The number of aromatic carboxylic acids is 1. The zero-order valence-corrected chi connectivity index (χ0v) is 11.9. The molecule has 0 atom stereocenters. The lowest BCUT2D eigenvalue weighted by atomic mass is 10.1. The highest BCUT2D eigenvalue weighted by Crippen LogP contribution is 2.27. The SMILES string of the molecule is Cc1ccc(N(c2cc(F)cc(C(=O)O)c2)[SH](=O)=O)cc1. The largest absolute Gasteiger partial charge is 0.478 e. The normalized spacial score (nSPS) is 10.6. The van der Waals surface area contributed by atoms with E-state index in [1.807, 2.05) is 6.92 Å². The molecule has 0 unspecified atom stereocenters. The van der Waals surface area contributed by atoms with Crippen LogP contribution in [0.25, 0.3) is 0 Å². The summed E-state index contributed by atoms with van der Waals surface area (Å²) in [7, 11) is -3.10. The standard InChI is InChI=1S/C14H12FNO4S/c1-9-2-4-12(5-3-9)16(21(19)20)13-7-10(14(17)18)6-11(15)8-13/h2-8,21H,1H3,(H,17,18). The van der Waals surface area contributed by atoms with E-state index in [4.69, 9.17) is 5.11 Å². The van der Waals surface area contributed by atoms with Gasteiger partial charge in [0.15, 0.2) is 0 Å². The molecule has 0 bridgehead atoms. The molecular formula is C14H12FNO4S. The van der Waals surface area contributed by atoms with Crippen molar-refractivity contribution in [2.75, 3.05) is 4.31 Å². The maximum Gasteiger partial charge on any atom is 0.335 e. The molecule has 0 radical (unpaired) electrons. The predicted molar refractivity (Wildman–Crippen MR) is 77.0 cm³/mol. The van der Waals surface area contributed by atoms with E-state index in [1.165, 1.54) is 0 Å². The third-order valence-electron chi connectivity index (χ3n) is 2.82. The maximum atomic E-state index is 13.5. The second kappa shape index (κ2) is 5.92. The summed E-state index contributed by atoms with van der Waals surface area (Å²) in [6.07, 6.45) is 0. The zero-order valence-electron chi connectivity index (χ0n) is 11.0. The molecule has 2 rings (SSSR count). The van der Waals surface area contributed by atoms with Crippen molar-refractivity contribution in [3.8, 4) is 0 Å². The molecular weight excluding hydrogens is 297 g/mol. The Morgan fingerprint density at radius 2 is 1.71 bits per heavy atom. The number of carboxylic acids is 1. The van der Waals surface area contributed by atoms with Crippen LogP contribution >= 0.6 is 0 Å². The molecule has 0 aliphatic carbocycles. The lowest BCUT2D eigenvalue weighted by molar-refractivity contribution is 0.0696. The van der Waals surface area contributed by atoms with Crippen LogP contribution in [0.1, 0.15) is 15.9 Å². The van der Waals surface area contributed by atoms with E-state index in [1.54, 1.807) is 24.3 Å². The monoisotopic (exact) mass is 309 g/mol. The first kappa shape index (κ1) is 15.0. The van der Waals surface area contributed by atoms with Crippen LogP contribution in [0.3, 0.4) is 0 Å². The molecule has 2 aromatic rings. The van der Waals surface area contributed by atoms with Crippen molar-refractivity contribution < 1.29 is 22.7 Å². The number of carbonyl (C=O) groups is 1. The smallest absolute Gasteiger partial charge is 0.335 e. The topological polar surface area (TPSA) is 74.7 Å². The summed E-state index contributed by atoms with van der Waals surface area (Å²) in [5.74, 6) is -2.15. The van der Waals surface area contributed by atoms with Gasteiger partial charge in [0.1, 0.15) is 5.82 Å². The Kier molecular flexibility index (Phi) is 4.23. The maximum absolute atomic E-state index is 13.5. The zero-order chi connectivity index (χ0) is 15.6. The summed E-state index contributed by atoms with van der Waals surface area (Å²) >= 11 is 0. The second-order valence-electron chi connectivity index (χ2n) is 4.39. The first-order valence-electron chi connectivity index (χ1n) is 5.93. The van der Waals surface area contributed by atoms with Crippen molar-refractivity contribution in [3.05, 3.63) is 59.4 Å². The average Bonchev–Trinajstić information content (AvgIpc) is 2.40. The number of anilines is 2. The molecule has 110 valence electrons. The van der Waals surface area contributed by atoms with Crippen molar-refractivity contribution in [2.24, 2.45) is 0 Å². The molecule has 7 heteroatoms. The van der Waals surface area contributed by atoms with E-state index in [0.717, 1.165) is 28.1 Å². The van der Waals surface area contributed by atoms with Crippen LogP contribution in [0.2, 0.25) is 0 Å². The van der Waals surface area contributed by atoms with Crippen LogP contribution < -0.4 is 4.31 Å². The molecule has 0 heterocycles. The predicted octanol–water partition coefficient (Wildman–Crippen LogP) is 2.50. The van der Waals surface area contributed by atoms with Gasteiger partial charge < -0.3 is 5.11 Å². The number of nitrogens with zero attached hydrogens (tertiary/aromatic N) is 1. The molecule has 0 saturated carbocycles. The van der Waals surface area contributed by atoms with Gasteiger partial charge in [-0.2, -0.15) is 0 Å². The van der Waals surface area contributed by atoms with Crippen LogP contribution in [-0.2, 0) is 10.9 Å². The fraction of sp³-hybridized carbons (Fsp3) is 0.0714. The number of hydrogen-bond acceptors (Lipinski definition) is 3. The van der Waals surface area contributed by atoms with Gasteiger partial charge in [-0.15, -0.1) is 0 Å². The summed E-state index contributed by atoms with van der Waals surface area (Å²) in [5, 5.41) is 8.92.